The zero-order chi connectivity index (χ0) is 22.2. The Kier molecular flexibility index (Phi) is 7.37. The summed E-state index contributed by atoms with van der Waals surface area (Å²) >= 11 is 0. The van der Waals surface area contributed by atoms with E-state index in [2.05, 4.69) is 15.6 Å². The number of hydrogen-bond acceptors (Lipinski definition) is 6. The number of methoxy groups -OCH3 is 1. The number of amides is 1. The molecule has 3 rings (SSSR count). The van der Waals surface area contributed by atoms with E-state index in [-0.39, 0.29) is 24.8 Å². The molecule has 0 unspecified atom stereocenters. The van der Waals surface area contributed by atoms with Gasteiger partial charge in [0.05, 0.1) is 25.0 Å². The minimum absolute atomic E-state index is 0.0561. The maximum atomic E-state index is 12.3. The van der Waals surface area contributed by atoms with Crippen LogP contribution in [0.15, 0.2) is 48.5 Å². The third-order valence-electron chi connectivity index (χ3n) is 4.80. The molecular weight excluding hydrogens is 396 g/mol. The predicted octanol–water partition coefficient (Wildman–Crippen LogP) is 2.80. The second kappa shape index (κ2) is 10.4. The molecule has 1 heterocycles. The second-order valence-electron chi connectivity index (χ2n) is 7.11. The number of ether oxygens (including phenoxy) is 2. The zero-order valence-corrected chi connectivity index (χ0v) is 17.9. The molecule has 162 valence electrons. The highest BCUT2D eigenvalue weighted by Gasteiger charge is 2.19. The fourth-order valence-corrected chi connectivity index (χ4v) is 3.01. The SMILES string of the molecule is COc1cccc(-n2nnc(C(=O)OCCNC(=O)CCc3ccc(C)cc3)c2C)c1. The molecule has 0 aliphatic carbocycles. The number of aryl methyl sites for hydroxylation is 2. The summed E-state index contributed by atoms with van der Waals surface area (Å²) in [6, 6.07) is 15.4. The maximum absolute atomic E-state index is 12.3. The first-order valence-corrected chi connectivity index (χ1v) is 10.0. The van der Waals surface area contributed by atoms with Gasteiger partial charge in [-0.2, -0.15) is 0 Å². The number of carbonyl (C=O) groups is 2. The molecule has 31 heavy (non-hydrogen) atoms. The van der Waals surface area contributed by atoms with Gasteiger partial charge in [0, 0.05) is 12.5 Å². The van der Waals surface area contributed by atoms with Gasteiger partial charge < -0.3 is 14.8 Å². The van der Waals surface area contributed by atoms with Gasteiger partial charge in [-0.3, -0.25) is 4.79 Å². The van der Waals surface area contributed by atoms with Gasteiger partial charge in [-0.15, -0.1) is 5.10 Å². The van der Waals surface area contributed by atoms with Crippen molar-refractivity contribution in [1.29, 1.82) is 0 Å². The molecule has 1 aromatic heterocycles. The number of carbonyl (C=O) groups excluding carboxylic acids is 2. The molecule has 8 nitrogen and oxygen atoms in total. The summed E-state index contributed by atoms with van der Waals surface area (Å²) in [6.45, 7) is 4.06. The molecule has 8 heteroatoms. The standard InChI is InChI=1S/C23H26N4O4/c1-16-7-9-18(10-8-16)11-12-21(28)24-13-14-31-23(29)22-17(2)27(26-25-22)19-5-4-6-20(15-19)30-3/h4-10,15H,11-14H2,1-3H3,(H,24,28). The number of nitrogens with zero attached hydrogens (tertiary/aromatic N) is 3. The molecule has 2 aromatic carbocycles. The lowest BCUT2D eigenvalue weighted by Gasteiger charge is -2.07. The first-order chi connectivity index (χ1) is 15.0. The van der Waals surface area contributed by atoms with E-state index in [4.69, 9.17) is 9.47 Å². The van der Waals surface area contributed by atoms with Crippen molar-refractivity contribution >= 4 is 11.9 Å². The lowest BCUT2D eigenvalue weighted by atomic mass is 10.1. The number of esters is 1. The number of nitrogens with one attached hydrogen (secondary N) is 1. The molecule has 1 N–H and O–H groups in total. The number of aromatic nitrogens is 3. The van der Waals surface area contributed by atoms with Crippen molar-refractivity contribution in [2.45, 2.75) is 26.7 Å². The summed E-state index contributed by atoms with van der Waals surface area (Å²) in [5.74, 6) is 0.00645. The number of benzene rings is 2. The molecule has 0 radical (unpaired) electrons. The van der Waals surface area contributed by atoms with Gasteiger partial charge in [0.2, 0.25) is 5.91 Å². The van der Waals surface area contributed by atoms with E-state index in [0.29, 0.717) is 24.3 Å². The Labute approximate surface area is 181 Å². The Bertz CT molecular complexity index is 1040. The van der Waals surface area contributed by atoms with Crippen LogP contribution in [0.3, 0.4) is 0 Å². The molecule has 0 saturated heterocycles. The lowest BCUT2D eigenvalue weighted by molar-refractivity contribution is -0.121. The van der Waals surface area contributed by atoms with Gasteiger partial charge in [0.1, 0.15) is 12.4 Å². The summed E-state index contributed by atoms with van der Waals surface area (Å²) in [6.07, 6.45) is 1.05. The summed E-state index contributed by atoms with van der Waals surface area (Å²) in [5, 5.41) is 10.7. The molecule has 0 aliphatic heterocycles. The summed E-state index contributed by atoms with van der Waals surface area (Å²) in [5.41, 5.74) is 3.72. The van der Waals surface area contributed by atoms with Crippen LogP contribution in [0.5, 0.6) is 5.75 Å². The van der Waals surface area contributed by atoms with Crippen molar-refractivity contribution in [2.75, 3.05) is 20.3 Å². The topological polar surface area (TPSA) is 95.3 Å². The summed E-state index contributed by atoms with van der Waals surface area (Å²) in [4.78, 5) is 24.3. The van der Waals surface area contributed by atoms with Crippen molar-refractivity contribution in [1.82, 2.24) is 20.3 Å². The third kappa shape index (κ3) is 5.91. The number of hydrogen-bond donors (Lipinski definition) is 1. The van der Waals surface area contributed by atoms with E-state index in [9.17, 15) is 9.59 Å². The largest absolute Gasteiger partial charge is 0.497 e. The van der Waals surface area contributed by atoms with E-state index < -0.39 is 5.97 Å². The quantitative estimate of drug-likeness (QED) is 0.421. The fraction of sp³-hybridized carbons (Fsp3) is 0.304. The van der Waals surface area contributed by atoms with Gasteiger partial charge in [0.25, 0.3) is 0 Å². The highest BCUT2D eigenvalue weighted by atomic mass is 16.5. The Balaban J connectivity index is 1.45. The van der Waals surface area contributed by atoms with Crippen LogP contribution >= 0.6 is 0 Å². The van der Waals surface area contributed by atoms with Gasteiger partial charge in [0.15, 0.2) is 5.69 Å². The van der Waals surface area contributed by atoms with Gasteiger partial charge in [-0.1, -0.05) is 41.1 Å². The van der Waals surface area contributed by atoms with Crippen molar-refractivity contribution in [2.24, 2.45) is 0 Å². The van der Waals surface area contributed by atoms with Gasteiger partial charge >= 0.3 is 5.97 Å². The van der Waals surface area contributed by atoms with Crippen molar-refractivity contribution in [3.05, 3.63) is 71.0 Å². The lowest BCUT2D eigenvalue weighted by Crippen LogP contribution is -2.28. The smallest absolute Gasteiger partial charge is 0.360 e. The minimum atomic E-state index is -0.583. The van der Waals surface area contributed by atoms with Crippen molar-refractivity contribution in [3.63, 3.8) is 0 Å². The molecule has 0 atom stereocenters. The molecule has 0 fully saturated rings. The van der Waals surface area contributed by atoms with Gasteiger partial charge in [-0.25, -0.2) is 9.48 Å². The van der Waals surface area contributed by atoms with Crippen LogP contribution in [0.2, 0.25) is 0 Å². The first kappa shape index (κ1) is 22.0. The first-order valence-electron chi connectivity index (χ1n) is 10.0. The van der Waals surface area contributed by atoms with Crippen LogP contribution in [-0.2, 0) is 16.0 Å². The average molecular weight is 422 g/mol. The van der Waals surface area contributed by atoms with Crippen LogP contribution < -0.4 is 10.1 Å². The van der Waals surface area contributed by atoms with Crippen molar-refractivity contribution < 1.29 is 19.1 Å². The summed E-state index contributed by atoms with van der Waals surface area (Å²) < 4.78 is 12.0. The monoisotopic (exact) mass is 422 g/mol. The zero-order valence-electron chi connectivity index (χ0n) is 17.9. The second-order valence-corrected chi connectivity index (χ2v) is 7.11. The molecule has 3 aromatic rings. The maximum Gasteiger partial charge on any atom is 0.360 e. The Morgan fingerprint density at radius 2 is 1.87 bits per heavy atom. The van der Waals surface area contributed by atoms with Crippen LogP contribution in [0.25, 0.3) is 5.69 Å². The molecule has 0 aliphatic rings. The van der Waals surface area contributed by atoms with Crippen LogP contribution in [0.1, 0.15) is 33.7 Å². The normalized spacial score (nSPS) is 10.5. The Morgan fingerprint density at radius 3 is 2.61 bits per heavy atom. The Morgan fingerprint density at radius 1 is 1.10 bits per heavy atom. The predicted molar refractivity (Wildman–Crippen MR) is 115 cm³/mol. The van der Waals surface area contributed by atoms with Crippen LogP contribution in [-0.4, -0.2) is 47.1 Å². The molecular formula is C23H26N4O4. The molecule has 1 amide bonds. The summed E-state index contributed by atoms with van der Waals surface area (Å²) in [7, 11) is 1.58. The molecule has 0 saturated carbocycles. The number of rotatable bonds is 9. The highest BCUT2D eigenvalue weighted by molar-refractivity contribution is 5.88. The Hall–Kier alpha value is -3.68. The van der Waals surface area contributed by atoms with Crippen molar-refractivity contribution in [3.8, 4) is 11.4 Å². The minimum Gasteiger partial charge on any atom is -0.497 e. The van der Waals surface area contributed by atoms with Gasteiger partial charge in [-0.05, 0) is 38.0 Å². The van der Waals surface area contributed by atoms with Crippen LogP contribution in [0, 0.1) is 13.8 Å². The van der Waals surface area contributed by atoms with E-state index in [1.165, 1.54) is 5.56 Å². The van der Waals surface area contributed by atoms with E-state index >= 15 is 0 Å². The molecule has 0 bridgehead atoms. The third-order valence-corrected chi connectivity index (χ3v) is 4.80. The molecule has 0 spiro atoms. The highest BCUT2D eigenvalue weighted by Crippen LogP contribution is 2.18. The van der Waals surface area contributed by atoms with E-state index in [1.807, 2.05) is 49.4 Å². The van der Waals surface area contributed by atoms with Crippen LogP contribution in [0.4, 0.5) is 0 Å². The average Bonchev–Trinajstić information content (AvgIpc) is 3.17. The van der Waals surface area contributed by atoms with E-state index in [0.717, 1.165) is 11.3 Å². The fourth-order valence-electron chi connectivity index (χ4n) is 3.01. The van der Waals surface area contributed by atoms with E-state index in [1.54, 1.807) is 24.8 Å².